The van der Waals surface area contributed by atoms with Gasteiger partial charge in [0.15, 0.2) is 0 Å². The van der Waals surface area contributed by atoms with Crippen molar-refractivity contribution >= 4 is 6.09 Å². The first kappa shape index (κ1) is 20.5. The van der Waals surface area contributed by atoms with Crippen LogP contribution < -0.4 is 5.32 Å². The molecule has 1 fully saturated rings. The van der Waals surface area contributed by atoms with Crippen LogP contribution in [0.3, 0.4) is 0 Å². The first-order chi connectivity index (χ1) is 12.3. The number of nitrogens with one attached hydrogen (secondary N) is 1. The van der Waals surface area contributed by atoms with Gasteiger partial charge in [0, 0.05) is 6.04 Å². The van der Waals surface area contributed by atoms with E-state index in [1.165, 1.54) is 5.56 Å². The Morgan fingerprint density at radius 2 is 2.04 bits per heavy atom. The van der Waals surface area contributed by atoms with Gasteiger partial charge in [-0.2, -0.15) is 0 Å². The molecule has 1 N–H and O–H groups in total. The van der Waals surface area contributed by atoms with Gasteiger partial charge in [-0.15, -0.1) is 0 Å². The predicted molar refractivity (Wildman–Crippen MR) is 102 cm³/mol. The summed E-state index contributed by atoms with van der Waals surface area (Å²) in [6.45, 7) is 8.66. The Hall–Kier alpha value is -1.85. The smallest absolute Gasteiger partial charge is 0.408 e. The third-order valence-electron chi connectivity index (χ3n) is 3.96. The lowest BCUT2D eigenvalue weighted by Crippen LogP contribution is -2.37. The van der Waals surface area contributed by atoms with E-state index >= 15 is 0 Å². The number of benzene rings is 1. The van der Waals surface area contributed by atoms with Crippen LogP contribution in [0.4, 0.5) is 4.79 Å². The Balaban J connectivity index is 1.66. The number of ether oxygens (including phenoxy) is 3. The van der Waals surface area contributed by atoms with Crippen molar-refractivity contribution < 1.29 is 19.0 Å². The molecule has 1 saturated heterocycles. The lowest BCUT2D eigenvalue weighted by molar-refractivity contribution is -0.0771. The molecule has 0 saturated carbocycles. The zero-order valence-electron chi connectivity index (χ0n) is 16.2. The van der Waals surface area contributed by atoms with Gasteiger partial charge in [-0.25, -0.2) is 4.79 Å². The highest BCUT2D eigenvalue weighted by molar-refractivity contribution is 5.68. The number of rotatable bonds is 6. The van der Waals surface area contributed by atoms with Crippen molar-refractivity contribution in [3.8, 4) is 0 Å². The van der Waals surface area contributed by atoms with Gasteiger partial charge >= 0.3 is 6.09 Å². The van der Waals surface area contributed by atoms with E-state index < -0.39 is 11.7 Å². The average molecular weight is 361 g/mol. The Kier molecular flexibility index (Phi) is 7.66. The molecular weight excluding hydrogens is 330 g/mol. The molecule has 0 bridgehead atoms. The van der Waals surface area contributed by atoms with Gasteiger partial charge in [0.25, 0.3) is 0 Å². The highest BCUT2D eigenvalue weighted by Gasteiger charge is 2.21. The van der Waals surface area contributed by atoms with Crippen LogP contribution >= 0.6 is 0 Å². The fourth-order valence-corrected chi connectivity index (χ4v) is 2.65. The summed E-state index contributed by atoms with van der Waals surface area (Å²) in [6.07, 6.45) is 5.63. The number of hydrogen-bond donors (Lipinski definition) is 1. The lowest BCUT2D eigenvalue weighted by Gasteiger charge is -2.27. The molecule has 1 aliphatic rings. The predicted octanol–water partition coefficient (Wildman–Crippen LogP) is 4.22. The molecule has 3 atom stereocenters. The van der Waals surface area contributed by atoms with Gasteiger partial charge in [0.2, 0.25) is 0 Å². The Morgan fingerprint density at radius 1 is 1.31 bits per heavy atom. The van der Waals surface area contributed by atoms with Crippen LogP contribution in [0.2, 0.25) is 0 Å². The first-order valence-electron chi connectivity index (χ1n) is 9.27. The van der Waals surface area contributed by atoms with Crippen LogP contribution in [0.5, 0.6) is 0 Å². The van der Waals surface area contributed by atoms with Gasteiger partial charge in [0.1, 0.15) is 5.60 Å². The fourth-order valence-electron chi connectivity index (χ4n) is 2.65. The molecule has 0 aliphatic carbocycles. The molecule has 1 aromatic carbocycles. The van der Waals surface area contributed by atoms with Crippen LogP contribution in [0, 0.1) is 0 Å². The van der Waals surface area contributed by atoms with Gasteiger partial charge in [-0.3, -0.25) is 0 Å². The van der Waals surface area contributed by atoms with Gasteiger partial charge in [-0.1, -0.05) is 42.5 Å². The van der Waals surface area contributed by atoms with Gasteiger partial charge in [-0.05, 0) is 46.1 Å². The molecule has 5 heteroatoms. The van der Waals surface area contributed by atoms with Gasteiger partial charge in [0.05, 0.1) is 25.4 Å². The van der Waals surface area contributed by atoms with Crippen molar-refractivity contribution in [1.82, 2.24) is 5.32 Å². The van der Waals surface area contributed by atoms with E-state index in [4.69, 9.17) is 14.2 Å². The summed E-state index contributed by atoms with van der Waals surface area (Å²) >= 11 is 0. The van der Waals surface area contributed by atoms with Crippen molar-refractivity contribution in [2.75, 3.05) is 6.61 Å². The molecule has 1 aliphatic heterocycles. The highest BCUT2D eigenvalue weighted by Crippen LogP contribution is 2.18. The summed E-state index contributed by atoms with van der Waals surface area (Å²) in [7, 11) is 0. The Bertz CT molecular complexity index is 571. The second-order valence-electron chi connectivity index (χ2n) is 7.69. The number of carbonyl (C=O) groups is 1. The second-order valence-corrected chi connectivity index (χ2v) is 7.69. The largest absolute Gasteiger partial charge is 0.444 e. The van der Waals surface area contributed by atoms with Crippen LogP contribution in [0.15, 0.2) is 42.5 Å². The maximum atomic E-state index is 11.7. The third-order valence-corrected chi connectivity index (χ3v) is 3.96. The molecule has 1 amide bonds. The summed E-state index contributed by atoms with van der Waals surface area (Å²) in [5.41, 5.74) is 0.686. The number of amides is 1. The van der Waals surface area contributed by atoms with Crippen molar-refractivity contribution in [2.45, 2.75) is 71.0 Å². The Morgan fingerprint density at radius 3 is 2.65 bits per heavy atom. The van der Waals surface area contributed by atoms with E-state index in [9.17, 15) is 4.79 Å². The van der Waals surface area contributed by atoms with Crippen LogP contribution in [0.25, 0.3) is 0 Å². The third kappa shape index (κ3) is 8.02. The van der Waals surface area contributed by atoms with E-state index in [0.29, 0.717) is 13.2 Å². The van der Waals surface area contributed by atoms with Crippen LogP contribution in [-0.2, 0) is 20.8 Å². The summed E-state index contributed by atoms with van der Waals surface area (Å²) in [4.78, 5) is 11.7. The minimum Gasteiger partial charge on any atom is -0.444 e. The topological polar surface area (TPSA) is 56.8 Å². The van der Waals surface area contributed by atoms with Crippen molar-refractivity contribution in [2.24, 2.45) is 0 Å². The van der Waals surface area contributed by atoms with Crippen LogP contribution in [-0.4, -0.2) is 36.6 Å². The number of alkyl carbamates (subject to hydrolysis) is 1. The molecule has 1 unspecified atom stereocenters. The summed E-state index contributed by atoms with van der Waals surface area (Å²) in [5, 5.41) is 2.80. The quantitative estimate of drug-likeness (QED) is 0.771. The van der Waals surface area contributed by atoms with E-state index in [0.717, 1.165) is 12.8 Å². The van der Waals surface area contributed by atoms with Gasteiger partial charge < -0.3 is 19.5 Å². The van der Waals surface area contributed by atoms with E-state index in [2.05, 4.69) is 17.4 Å². The molecule has 5 nitrogen and oxygen atoms in total. The Labute approximate surface area is 156 Å². The maximum Gasteiger partial charge on any atom is 0.408 e. The number of hydrogen-bond acceptors (Lipinski definition) is 4. The second kappa shape index (κ2) is 9.74. The maximum absolute atomic E-state index is 11.7. The molecule has 144 valence electrons. The minimum absolute atomic E-state index is 0.0643. The molecule has 1 aromatic rings. The first-order valence-corrected chi connectivity index (χ1v) is 9.27. The molecule has 26 heavy (non-hydrogen) atoms. The lowest BCUT2D eigenvalue weighted by atomic mass is 10.1. The molecule has 0 aromatic heterocycles. The van der Waals surface area contributed by atoms with Crippen molar-refractivity contribution in [1.29, 1.82) is 0 Å². The summed E-state index contributed by atoms with van der Waals surface area (Å²) in [6, 6.07) is 10.1. The summed E-state index contributed by atoms with van der Waals surface area (Å²) in [5.74, 6) is 0. The number of carbonyl (C=O) groups excluding carboxylic acids is 1. The SMILES string of the molecule is C[C@@H](/C=C/[C@@H]1CCC(OCc2ccccc2)CO1)NC(=O)OC(C)(C)C. The van der Waals surface area contributed by atoms with Crippen molar-refractivity contribution in [3.63, 3.8) is 0 Å². The standard InChI is InChI=1S/C21H31NO4/c1-16(22-20(23)26-21(2,3)4)10-11-18-12-13-19(15-25-18)24-14-17-8-6-5-7-9-17/h5-11,16,18-19H,12-15H2,1-4H3,(H,22,23)/b11-10+/t16-,18+,19?/m0/s1. The molecule has 0 spiro atoms. The van der Waals surface area contributed by atoms with Crippen molar-refractivity contribution in [3.05, 3.63) is 48.0 Å². The fraction of sp³-hybridized carbons (Fsp3) is 0.571. The summed E-state index contributed by atoms with van der Waals surface area (Å²) < 4.78 is 17.0. The molecule has 1 heterocycles. The van der Waals surface area contributed by atoms with E-state index in [1.54, 1.807) is 0 Å². The van der Waals surface area contributed by atoms with E-state index in [1.807, 2.05) is 58.0 Å². The monoisotopic (exact) mass is 361 g/mol. The highest BCUT2D eigenvalue weighted by atomic mass is 16.6. The molecule has 0 radical (unpaired) electrons. The zero-order chi connectivity index (χ0) is 19.0. The zero-order valence-corrected chi connectivity index (χ0v) is 16.2. The van der Waals surface area contributed by atoms with Crippen LogP contribution in [0.1, 0.15) is 46.1 Å². The minimum atomic E-state index is -0.491. The average Bonchev–Trinajstić information content (AvgIpc) is 2.58. The molecule has 2 rings (SSSR count). The molecular formula is C21H31NO4. The van der Waals surface area contributed by atoms with E-state index in [-0.39, 0.29) is 18.2 Å². The normalized spacial score (nSPS) is 22.2.